The van der Waals surface area contributed by atoms with Crippen molar-refractivity contribution < 1.29 is 14.5 Å². The van der Waals surface area contributed by atoms with Crippen molar-refractivity contribution in [2.24, 2.45) is 0 Å². The van der Waals surface area contributed by atoms with E-state index in [1.807, 2.05) is 24.3 Å². The Bertz CT molecular complexity index is 985. The van der Waals surface area contributed by atoms with E-state index >= 15 is 0 Å². The van der Waals surface area contributed by atoms with Crippen molar-refractivity contribution in [2.45, 2.75) is 20.5 Å². The van der Waals surface area contributed by atoms with Crippen LogP contribution >= 0.6 is 0 Å². The molecule has 1 heterocycles. The highest BCUT2D eigenvalue weighted by Crippen LogP contribution is 2.24. The summed E-state index contributed by atoms with van der Waals surface area (Å²) in [6, 6.07) is 11.9. The Morgan fingerprint density at radius 1 is 1.08 bits per heavy atom. The lowest BCUT2D eigenvalue weighted by Crippen LogP contribution is -2.11. The number of benzene rings is 2. The summed E-state index contributed by atoms with van der Waals surface area (Å²) in [7, 11) is 0. The van der Waals surface area contributed by atoms with Crippen LogP contribution in [0, 0.1) is 24.0 Å². The van der Waals surface area contributed by atoms with Crippen molar-refractivity contribution >= 4 is 22.7 Å². The van der Waals surface area contributed by atoms with E-state index in [9.17, 15) is 14.9 Å². The largest absolute Gasteiger partial charge is 0.455 e. The van der Waals surface area contributed by atoms with E-state index in [0.29, 0.717) is 22.5 Å². The third kappa shape index (κ3) is 3.30. The topological polar surface area (TPSA) is 95.2 Å². The number of para-hydroxylation sites is 3. The number of ether oxygens (including phenoxy) is 1. The van der Waals surface area contributed by atoms with Crippen LogP contribution in [0.4, 0.5) is 5.69 Å². The standard InChI is InChI=1S/C18H15N3O4/c1-11-6-5-7-13(17(11)21(23)24)18(22)25-10-16-12(2)19-14-8-3-4-9-15(14)20-16/h3-9H,10H2,1-2H3. The van der Waals surface area contributed by atoms with Gasteiger partial charge in [0.1, 0.15) is 12.2 Å². The molecule has 0 fully saturated rings. The molecule has 0 aliphatic heterocycles. The second-order valence-corrected chi connectivity index (χ2v) is 5.55. The third-order valence-electron chi connectivity index (χ3n) is 3.82. The first kappa shape index (κ1) is 16.5. The molecular formula is C18H15N3O4. The normalized spacial score (nSPS) is 10.6. The number of aromatic nitrogens is 2. The highest BCUT2D eigenvalue weighted by molar-refractivity contribution is 5.94. The van der Waals surface area contributed by atoms with Crippen LogP contribution in [0.25, 0.3) is 11.0 Å². The van der Waals surface area contributed by atoms with Crippen molar-refractivity contribution in [3.05, 3.63) is 75.1 Å². The van der Waals surface area contributed by atoms with E-state index in [2.05, 4.69) is 9.97 Å². The van der Waals surface area contributed by atoms with E-state index in [-0.39, 0.29) is 17.9 Å². The molecule has 0 saturated carbocycles. The SMILES string of the molecule is Cc1cccc(C(=O)OCc2nc3ccccc3nc2C)c1[N+](=O)[O-]. The van der Waals surface area contributed by atoms with Crippen LogP contribution in [-0.4, -0.2) is 20.9 Å². The van der Waals surface area contributed by atoms with Gasteiger partial charge in [0.2, 0.25) is 0 Å². The molecule has 0 aliphatic rings. The molecule has 7 heteroatoms. The Morgan fingerprint density at radius 3 is 2.44 bits per heavy atom. The van der Waals surface area contributed by atoms with Crippen LogP contribution in [0.2, 0.25) is 0 Å². The maximum atomic E-state index is 12.3. The monoisotopic (exact) mass is 337 g/mol. The first-order valence-electron chi connectivity index (χ1n) is 7.61. The van der Waals surface area contributed by atoms with Crippen LogP contribution in [0.5, 0.6) is 0 Å². The van der Waals surface area contributed by atoms with Gasteiger partial charge < -0.3 is 4.74 Å². The van der Waals surface area contributed by atoms with Gasteiger partial charge in [-0.2, -0.15) is 0 Å². The molecule has 0 spiro atoms. The predicted molar refractivity (Wildman–Crippen MR) is 91.2 cm³/mol. The smallest absolute Gasteiger partial charge is 0.345 e. The minimum atomic E-state index is -0.759. The number of nitro benzene ring substituents is 1. The van der Waals surface area contributed by atoms with Gasteiger partial charge in [-0.05, 0) is 32.0 Å². The molecule has 2 aromatic carbocycles. The molecule has 0 saturated heterocycles. The molecular weight excluding hydrogens is 322 g/mol. The van der Waals surface area contributed by atoms with Gasteiger partial charge in [-0.1, -0.05) is 24.3 Å². The number of nitro groups is 1. The fourth-order valence-electron chi connectivity index (χ4n) is 2.54. The minimum absolute atomic E-state index is 0.0728. The van der Waals surface area contributed by atoms with Crippen LogP contribution in [0.3, 0.4) is 0 Å². The van der Waals surface area contributed by atoms with Crippen molar-refractivity contribution in [3.8, 4) is 0 Å². The number of carbonyl (C=O) groups excluding carboxylic acids is 1. The van der Waals surface area contributed by atoms with E-state index in [4.69, 9.17) is 4.74 Å². The zero-order valence-electron chi connectivity index (χ0n) is 13.7. The number of hydrogen-bond acceptors (Lipinski definition) is 6. The van der Waals surface area contributed by atoms with Gasteiger partial charge in [0.05, 0.1) is 27.3 Å². The summed E-state index contributed by atoms with van der Waals surface area (Å²) in [4.78, 5) is 31.8. The number of rotatable bonds is 4. The lowest BCUT2D eigenvalue weighted by atomic mass is 10.1. The van der Waals surface area contributed by atoms with Crippen LogP contribution in [-0.2, 0) is 11.3 Å². The number of aryl methyl sites for hydroxylation is 2. The summed E-state index contributed by atoms with van der Waals surface area (Å²) in [6.45, 7) is 3.25. The average Bonchev–Trinajstić information content (AvgIpc) is 2.59. The molecule has 25 heavy (non-hydrogen) atoms. The molecule has 0 amide bonds. The van der Waals surface area contributed by atoms with Gasteiger partial charge in [-0.15, -0.1) is 0 Å². The fraction of sp³-hybridized carbons (Fsp3) is 0.167. The quantitative estimate of drug-likeness (QED) is 0.411. The molecule has 0 bridgehead atoms. The van der Waals surface area contributed by atoms with Gasteiger partial charge in [0.25, 0.3) is 5.69 Å². The molecule has 3 rings (SSSR count). The Balaban J connectivity index is 1.85. The molecule has 1 aromatic heterocycles. The second-order valence-electron chi connectivity index (χ2n) is 5.55. The number of esters is 1. The summed E-state index contributed by atoms with van der Waals surface area (Å²) < 4.78 is 5.24. The minimum Gasteiger partial charge on any atom is -0.455 e. The van der Waals surface area contributed by atoms with Gasteiger partial charge in [0.15, 0.2) is 0 Å². The number of nitrogens with zero attached hydrogens (tertiary/aromatic N) is 3. The van der Waals surface area contributed by atoms with Crippen molar-refractivity contribution in [1.29, 1.82) is 0 Å². The molecule has 0 aliphatic carbocycles. The van der Waals surface area contributed by atoms with E-state index < -0.39 is 10.9 Å². The Morgan fingerprint density at radius 2 is 1.76 bits per heavy atom. The molecule has 7 nitrogen and oxygen atoms in total. The zero-order valence-corrected chi connectivity index (χ0v) is 13.7. The van der Waals surface area contributed by atoms with Crippen LogP contribution in [0.15, 0.2) is 42.5 Å². The van der Waals surface area contributed by atoms with Crippen molar-refractivity contribution in [3.63, 3.8) is 0 Å². The second kappa shape index (κ2) is 6.64. The highest BCUT2D eigenvalue weighted by atomic mass is 16.6. The van der Waals surface area contributed by atoms with E-state index in [0.717, 1.165) is 5.52 Å². The van der Waals surface area contributed by atoms with Crippen LogP contribution < -0.4 is 0 Å². The van der Waals surface area contributed by atoms with Gasteiger partial charge in [-0.25, -0.2) is 14.8 Å². The maximum Gasteiger partial charge on any atom is 0.345 e. The fourth-order valence-corrected chi connectivity index (χ4v) is 2.54. The van der Waals surface area contributed by atoms with Gasteiger partial charge in [0, 0.05) is 5.56 Å². The molecule has 0 atom stereocenters. The van der Waals surface area contributed by atoms with E-state index in [1.165, 1.54) is 6.07 Å². The van der Waals surface area contributed by atoms with E-state index in [1.54, 1.807) is 26.0 Å². The predicted octanol–water partition coefficient (Wildman–Crippen LogP) is 3.51. The molecule has 126 valence electrons. The Kier molecular flexibility index (Phi) is 4.38. The lowest BCUT2D eigenvalue weighted by Gasteiger charge is -2.09. The van der Waals surface area contributed by atoms with Crippen molar-refractivity contribution in [1.82, 2.24) is 9.97 Å². The lowest BCUT2D eigenvalue weighted by molar-refractivity contribution is -0.385. The van der Waals surface area contributed by atoms with Gasteiger partial charge in [-0.3, -0.25) is 10.1 Å². The summed E-state index contributed by atoms with van der Waals surface area (Å²) in [6.07, 6.45) is 0. The average molecular weight is 337 g/mol. The van der Waals surface area contributed by atoms with Crippen LogP contribution in [0.1, 0.15) is 27.3 Å². The first-order chi connectivity index (χ1) is 12.0. The first-order valence-corrected chi connectivity index (χ1v) is 7.61. The summed E-state index contributed by atoms with van der Waals surface area (Å²) >= 11 is 0. The Labute approximate surface area is 143 Å². The third-order valence-corrected chi connectivity index (χ3v) is 3.82. The molecule has 0 radical (unpaired) electrons. The zero-order chi connectivity index (χ0) is 18.0. The van der Waals surface area contributed by atoms with Gasteiger partial charge >= 0.3 is 5.97 Å². The summed E-state index contributed by atoms with van der Waals surface area (Å²) in [5.41, 5.74) is 2.70. The number of fused-ring (bicyclic) bond motifs is 1. The molecule has 0 N–H and O–H groups in total. The number of hydrogen-bond donors (Lipinski definition) is 0. The maximum absolute atomic E-state index is 12.3. The van der Waals surface area contributed by atoms with Crippen molar-refractivity contribution in [2.75, 3.05) is 0 Å². The molecule has 0 unspecified atom stereocenters. The number of carbonyl (C=O) groups is 1. The summed E-state index contributed by atoms with van der Waals surface area (Å²) in [5, 5.41) is 11.2. The highest BCUT2D eigenvalue weighted by Gasteiger charge is 2.23. The Hall–Kier alpha value is -3.35. The summed E-state index contributed by atoms with van der Waals surface area (Å²) in [5.74, 6) is -0.759. The molecule has 3 aromatic rings.